The fourth-order valence-corrected chi connectivity index (χ4v) is 1.76. The first-order valence-electron chi connectivity index (χ1n) is 6.29. The third kappa shape index (κ3) is 4.61. The van der Waals surface area contributed by atoms with E-state index in [9.17, 15) is 4.79 Å². The van der Waals surface area contributed by atoms with Gasteiger partial charge in [-0.25, -0.2) is 0 Å². The molecule has 17 heavy (non-hydrogen) atoms. The molecule has 1 unspecified atom stereocenters. The molecule has 0 saturated heterocycles. The molecule has 2 rings (SSSR count). The monoisotopic (exact) mass is 236 g/mol. The number of carbonyl (C=O) groups is 1. The Labute approximate surface area is 102 Å². The molecular weight excluding hydrogens is 216 g/mol. The van der Waals surface area contributed by atoms with E-state index in [1.165, 1.54) is 0 Å². The molecule has 4 nitrogen and oxygen atoms in total. The van der Waals surface area contributed by atoms with Crippen molar-refractivity contribution >= 4 is 5.91 Å². The molecular formula is C13H20N2O2. The average molecular weight is 236 g/mol. The summed E-state index contributed by atoms with van der Waals surface area (Å²) in [4.78, 5) is 11.4. The van der Waals surface area contributed by atoms with Crippen molar-refractivity contribution in [3.63, 3.8) is 0 Å². The van der Waals surface area contributed by atoms with Gasteiger partial charge in [0.15, 0.2) is 0 Å². The fraction of sp³-hybridized carbons (Fsp3) is 0.615. The predicted octanol–water partition coefficient (Wildman–Crippen LogP) is 1.47. The van der Waals surface area contributed by atoms with Gasteiger partial charge in [-0.05, 0) is 31.9 Å². The molecule has 4 heteroatoms. The first kappa shape index (κ1) is 12.2. The Bertz CT molecular complexity index is 344. The molecule has 0 bridgehead atoms. The lowest BCUT2D eigenvalue weighted by Gasteiger charge is -2.12. The van der Waals surface area contributed by atoms with Crippen LogP contribution >= 0.6 is 0 Å². The number of hydrogen-bond acceptors (Lipinski definition) is 3. The Morgan fingerprint density at radius 1 is 1.59 bits per heavy atom. The highest BCUT2D eigenvalue weighted by Gasteiger charge is 2.22. The summed E-state index contributed by atoms with van der Waals surface area (Å²) in [6.45, 7) is 2.82. The molecule has 1 aliphatic carbocycles. The summed E-state index contributed by atoms with van der Waals surface area (Å²) in [6, 6.07) is 4.65. The van der Waals surface area contributed by atoms with Crippen molar-refractivity contribution < 1.29 is 9.21 Å². The SMILES string of the molecule is CC(Cc1ccco1)NCCC(=O)NC1CC1. The zero-order valence-electron chi connectivity index (χ0n) is 10.2. The minimum absolute atomic E-state index is 0.158. The highest BCUT2D eigenvalue weighted by Crippen LogP contribution is 2.18. The second-order valence-corrected chi connectivity index (χ2v) is 4.73. The number of rotatable bonds is 7. The van der Waals surface area contributed by atoms with Gasteiger partial charge in [0.1, 0.15) is 5.76 Å². The van der Waals surface area contributed by atoms with Crippen LogP contribution < -0.4 is 10.6 Å². The number of hydrogen-bond donors (Lipinski definition) is 2. The van der Waals surface area contributed by atoms with E-state index >= 15 is 0 Å². The summed E-state index contributed by atoms with van der Waals surface area (Å²) < 4.78 is 5.27. The Hall–Kier alpha value is -1.29. The normalized spacial score (nSPS) is 16.8. The maximum absolute atomic E-state index is 11.4. The van der Waals surface area contributed by atoms with E-state index in [0.29, 0.717) is 18.5 Å². The van der Waals surface area contributed by atoms with Crippen LogP contribution in [0.4, 0.5) is 0 Å². The quantitative estimate of drug-likeness (QED) is 0.753. The van der Waals surface area contributed by atoms with Crippen molar-refractivity contribution in [2.45, 2.75) is 44.7 Å². The standard InChI is InChI=1S/C13H20N2O2/c1-10(9-12-3-2-8-17-12)14-7-6-13(16)15-11-4-5-11/h2-3,8,10-11,14H,4-7,9H2,1H3,(H,15,16). The molecule has 0 aliphatic heterocycles. The number of nitrogens with one attached hydrogen (secondary N) is 2. The highest BCUT2D eigenvalue weighted by molar-refractivity contribution is 5.76. The molecule has 1 aromatic rings. The molecule has 0 aromatic carbocycles. The van der Waals surface area contributed by atoms with E-state index in [2.05, 4.69) is 17.6 Å². The first-order valence-corrected chi connectivity index (χ1v) is 6.29. The molecule has 2 N–H and O–H groups in total. The van der Waals surface area contributed by atoms with Gasteiger partial charge >= 0.3 is 0 Å². The van der Waals surface area contributed by atoms with Crippen LogP contribution in [0.25, 0.3) is 0 Å². The third-order valence-corrected chi connectivity index (χ3v) is 2.87. The van der Waals surface area contributed by atoms with Crippen molar-refractivity contribution in [3.8, 4) is 0 Å². The van der Waals surface area contributed by atoms with E-state index in [4.69, 9.17) is 4.42 Å². The van der Waals surface area contributed by atoms with Gasteiger partial charge in [0.2, 0.25) is 5.91 Å². The minimum Gasteiger partial charge on any atom is -0.469 e. The zero-order valence-corrected chi connectivity index (χ0v) is 10.2. The summed E-state index contributed by atoms with van der Waals surface area (Å²) in [6.07, 6.45) is 5.39. The number of furan rings is 1. The van der Waals surface area contributed by atoms with Crippen molar-refractivity contribution in [2.75, 3.05) is 6.54 Å². The van der Waals surface area contributed by atoms with E-state index in [0.717, 1.165) is 31.6 Å². The van der Waals surface area contributed by atoms with E-state index in [1.54, 1.807) is 6.26 Å². The van der Waals surface area contributed by atoms with Crippen LogP contribution in [-0.2, 0) is 11.2 Å². The second kappa shape index (κ2) is 5.87. The molecule has 1 atom stereocenters. The summed E-state index contributed by atoms with van der Waals surface area (Å²) in [5.74, 6) is 1.14. The Balaban J connectivity index is 1.56. The predicted molar refractivity (Wildman–Crippen MR) is 65.7 cm³/mol. The Kier molecular flexibility index (Phi) is 4.20. The lowest BCUT2D eigenvalue weighted by atomic mass is 10.2. The van der Waals surface area contributed by atoms with Gasteiger partial charge < -0.3 is 15.1 Å². The van der Waals surface area contributed by atoms with Crippen molar-refractivity contribution in [2.24, 2.45) is 0 Å². The van der Waals surface area contributed by atoms with Crippen LogP contribution in [0.15, 0.2) is 22.8 Å². The van der Waals surface area contributed by atoms with Gasteiger partial charge in [-0.1, -0.05) is 0 Å². The summed E-state index contributed by atoms with van der Waals surface area (Å²) in [5.41, 5.74) is 0. The molecule has 1 saturated carbocycles. The molecule has 1 amide bonds. The fourth-order valence-electron chi connectivity index (χ4n) is 1.76. The van der Waals surface area contributed by atoms with Gasteiger partial charge in [0.05, 0.1) is 6.26 Å². The van der Waals surface area contributed by atoms with Crippen LogP contribution in [-0.4, -0.2) is 24.5 Å². The summed E-state index contributed by atoms with van der Waals surface area (Å²) in [5, 5.41) is 6.30. The van der Waals surface area contributed by atoms with Crippen LogP contribution in [0, 0.1) is 0 Å². The number of carbonyl (C=O) groups excluding carboxylic acids is 1. The topological polar surface area (TPSA) is 54.3 Å². The first-order chi connectivity index (χ1) is 8.24. The Morgan fingerprint density at radius 2 is 2.41 bits per heavy atom. The van der Waals surface area contributed by atoms with Gasteiger partial charge in [-0.15, -0.1) is 0 Å². The van der Waals surface area contributed by atoms with Crippen LogP contribution in [0.1, 0.15) is 31.9 Å². The molecule has 0 spiro atoms. The van der Waals surface area contributed by atoms with Crippen LogP contribution in [0.3, 0.4) is 0 Å². The van der Waals surface area contributed by atoms with Crippen molar-refractivity contribution in [1.82, 2.24) is 10.6 Å². The average Bonchev–Trinajstić information content (AvgIpc) is 2.93. The van der Waals surface area contributed by atoms with E-state index in [1.807, 2.05) is 12.1 Å². The van der Waals surface area contributed by atoms with Crippen molar-refractivity contribution in [3.05, 3.63) is 24.2 Å². The van der Waals surface area contributed by atoms with Gasteiger partial charge in [0, 0.05) is 31.5 Å². The lowest BCUT2D eigenvalue weighted by molar-refractivity contribution is -0.121. The molecule has 1 aromatic heterocycles. The smallest absolute Gasteiger partial charge is 0.221 e. The lowest BCUT2D eigenvalue weighted by Crippen LogP contribution is -2.33. The summed E-state index contributed by atoms with van der Waals surface area (Å²) >= 11 is 0. The Morgan fingerprint density at radius 3 is 3.06 bits per heavy atom. The van der Waals surface area contributed by atoms with Gasteiger partial charge in [-0.2, -0.15) is 0 Å². The van der Waals surface area contributed by atoms with E-state index < -0.39 is 0 Å². The maximum atomic E-state index is 11.4. The molecule has 1 aliphatic rings. The van der Waals surface area contributed by atoms with Gasteiger partial charge in [-0.3, -0.25) is 4.79 Å². The molecule has 0 radical (unpaired) electrons. The third-order valence-electron chi connectivity index (χ3n) is 2.87. The molecule has 1 heterocycles. The zero-order chi connectivity index (χ0) is 12.1. The highest BCUT2D eigenvalue weighted by atomic mass is 16.3. The second-order valence-electron chi connectivity index (χ2n) is 4.73. The van der Waals surface area contributed by atoms with Crippen LogP contribution in [0.5, 0.6) is 0 Å². The minimum atomic E-state index is 0.158. The number of amides is 1. The van der Waals surface area contributed by atoms with Gasteiger partial charge in [0.25, 0.3) is 0 Å². The van der Waals surface area contributed by atoms with Crippen molar-refractivity contribution in [1.29, 1.82) is 0 Å². The summed E-state index contributed by atoms with van der Waals surface area (Å²) in [7, 11) is 0. The van der Waals surface area contributed by atoms with Crippen LogP contribution in [0.2, 0.25) is 0 Å². The largest absolute Gasteiger partial charge is 0.469 e. The van der Waals surface area contributed by atoms with E-state index in [-0.39, 0.29) is 5.91 Å². The molecule has 1 fully saturated rings. The molecule has 94 valence electrons. The maximum Gasteiger partial charge on any atom is 0.221 e.